The molecule has 0 heterocycles. The Morgan fingerprint density at radius 3 is 2.44 bits per heavy atom. The lowest BCUT2D eigenvalue weighted by molar-refractivity contribution is 0.262. The van der Waals surface area contributed by atoms with Crippen molar-refractivity contribution in [2.45, 2.75) is 58.5 Å². The summed E-state index contributed by atoms with van der Waals surface area (Å²) in [4.78, 5) is 0. The van der Waals surface area contributed by atoms with E-state index in [1.54, 1.807) is 5.01 Å². The number of nitrogens with zero attached hydrogens (tertiary/aromatic N) is 1. The van der Waals surface area contributed by atoms with E-state index in [1.165, 1.54) is 0 Å². The Labute approximate surface area is 98.8 Å². The summed E-state index contributed by atoms with van der Waals surface area (Å²) in [7, 11) is 0. The molecule has 0 fully saturated rings. The van der Waals surface area contributed by atoms with Gasteiger partial charge in [-0.1, -0.05) is 6.92 Å². The second-order valence-corrected chi connectivity index (χ2v) is 5.19. The maximum Gasteiger partial charge on any atom is 0.0481 e. The number of nitrogens with two attached hydrogens (primary N) is 3. The van der Waals surface area contributed by atoms with E-state index in [-0.39, 0.29) is 12.1 Å². The predicted molar refractivity (Wildman–Crippen MR) is 68.0 cm³/mol. The van der Waals surface area contributed by atoms with Crippen LogP contribution in [0.25, 0.3) is 0 Å². The van der Waals surface area contributed by atoms with Gasteiger partial charge >= 0.3 is 0 Å². The van der Waals surface area contributed by atoms with Crippen LogP contribution in [0.3, 0.4) is 0 Å². The number of hydrazine groups is 1. The Morgan fingerprint density at radius 1 is 1.25 bits per heavy atom. The lowest BCUT2D eigenvalue weighted by Crippen LogP contribution is -2.40. The highest BCUT2D eigenvalue weighted by Crippen LogP contribution is 2.25. The molecule has 0 aromatic carbocycles. The lowest BCUT2D eigenvalue weighted by Gasteiger charge is -2.31. The van der Waals surface area contributed by atoms with Crippen LogP contribution in [0.1, 0.15) is 46.5 Å². The quantitative estimate of drug-likeness (QED) is 0.489. The molecule has 0 radical (unpaired) electrons. The summed E-state index contributed by atoms with van der Waals surface area (Å²) in [6.07, 6.45) is 3.83. The van der Waals surface area contributed by atoms with Gasteiger partial charge in [0, 0.05) is 23.5 Å². The van der Waals surface area contributed by atoms with Crippen molar-refractivity contribution in [1.82, 2.24) is 5.01 Å². The highest BCUT2D eigenvalue weighted by molar-refractivity contribution is 5.11. The van der Waals surface area contributed by atoms with Crippen molar-refractivity contribution in [3.8, 4) is 0 Å². The van der Waals surface area contributed by atoms with E-state index in [1.807, 2.05) is 0 Å². The third-order valence-corrected chi connectivity index (χ3v) is 3.55. The first kappa shape index (κ1) is 13.3. The summed E-state index contributed by atoms with van der Waals surface area (Å²) in [6, 6.07) is 0.558. The van der Waals surface area contributed by atoms with Gasteiger partial charge in [0.25, 0.3) is 0 Å². The molecule has 1 rings (SSSR count). The lowest BCUT2D eigenvalue weighted by atomic mass is 9.89. The van der Waals surface area contributed by atoms with Crippen LogP contribution in [0.4, 0.5) is 0 Å². The second-order valence-electron chi connectivity index (χ2n) is 5.19. The molecular formula is C12H26N4. The average Bonchev–Trinajstić information content (AvgIpc) is 2.23. The molecule has 4 nitrogen and oxygen atoms in total. The van der Waals surface area contributed by atoms with Crippen molar-refractivity contribution < 1.29 is 0 Å². The molecule has 0 spiro atoms. The van der Waals surface area contributed by atoms with Gasteiger partial charge in [0.15, 0.2) is 0 Å². The molecule has 6 N–H and O–H groups in total. The number of hydrogen-bond acceptors (Lipinski definition) is 4. The number of hydrogen-bond donors (Lipinski definition) is 3. The highest BCUT2D eigenvalue weighted by Gasteiger charge is 2.21. The molecule has 2 atom stereocenters. The first-order valence-corrected chi connectivity index (χ1v) is 6.20. The molecule has 1 aliphatic carbocycles. The fraction of sp³-hybridized carbons (Fsp3) is 0.833. The zero-order chi connectivity index (χ0) is 12.3. The van der Waals surface area contributed by atoms with Crippen molar-refractivity contribution in [2.24, 2.45) is 23.2 Å². The molecule has 4 heteroatoms. The molecule has 0 saturated heterocycles. The molecule has 94 valence electrons. The van der Waals surface area contributed by atoms with E-state index < -0.39 is 0 Å². The zero-order valence-corrected chi connectivity index (χ0v) is 10.7. The molecular weight excluding hydrogens is 200 g/mol. The summed E-state index contributed by atoms with van der Waals surface area (Å²) in [6.45, 7) is 6.36. The van der Waals surface area contributed by atoms with Gasteiger partial charge in [0.1, 0.15) is 0 Å². The normalized spacial score (nSPS) is 32.4. The largest absolute Gasteiger partial charge is 0.401 e. The summed E-state index contributed by atoms with van der Waals surface area (Å²) >= 11 is 0. The van der Waals surface area contributed by atoms with Gasteiger partial charge < -0.3 is 16.5 Å². The first-order chi connectivity index (χ1) is 7.43. The van der Waals surface area contributed by atoms with Gasteiger partial charge in [-0.05, 0) is 45.4 Å². The molecule has 0 amide bonds. The third kappa shape index (κ3) is 3.12. The molecule has 1 unspecified atom stereocenters. The van der Waals surface area contributed by atoms with Crippen LogP contribution in [-0.2, 0) is 0 Å². The Kier molecular flexibility index (Phi) is 4.62. The molecule has 0 saturated carbocycles. The van der Waals surface area contributed by atoms with Crippen LogP contribution in [0, 0.1) is 5.92 Å². The van der Waals surface area contributed by atoms with Crippen LogP contribution < -0.4 is 17.3 Å². The standard InChI is InChI=1S/C12H26N4/c1-8(2)16(15)12-7-4-9(3)10(13)5-6-11(12)14/h8-10H,4-7,13-15H2,1-3H3/b12-11-/t9?,10-/m0/s1. The Bertz CT molecular complexity index is 260. The monoisotopic (exact) mass is 226 g/mol. The summed E-state index contributed by atoms with van der Waals surface area (Å²) in [5.74, 6) is 6.59. The van der Waals surface area contributed by atoms with Crippen molar-refractivity contribution in [2.75, 3.05) is 0 Å². The second kappa shape index (κ2) is 5.55. The van der Waals surface area contributed by atoms with Gasteiger partial charge in [-0.15, -0.1) is 0 Å². The van der Waals surface area contributed by atoms with Crippen LogP contribution in [0.2, 0.25) is 0 Å². The Hall–Kier alpha value is -0.740. The molecule has 0 aromatic heterocycles. The summed E-state index contributed by atoms with van der Waals surface area (Å²) < 4.78 is 0. The minimum Gasteiger partial charge on any atom is -0.401 e. The first-order valence-electron chi connectivity index (χ1n) is 6.20. The van der Waals surface area contributed by atoms with E-state index in [0.717, 1.165) is 37.1 Å². The van der Waals surface area contributed by atoms with Crippen LogP contribution in [0.15, 0.2) is 11.4 Å². The predicted octanol–water partition coefficient (Wildman–Crippen LogP) is 1.28. The van der Waals surface area contributed by atoms with E-state index in [4.69, 9.17) is 17.3 Å². The van der Waals surface area contributed by atoms with Crippen molar-refractivity contribution >= 4 is 0 Å². The van der Waals surface area contributed by atoms with Crippen molar-refractivity contribution in [1.29, 1.82) is 0 Å². The number of rotatable bonds is 2. The van der Waals surface area contributed by atoms with Gasteiger partial charge in [0.2, 0.25) is 0 Å². The Morgan fingerprint density at radius 2 is 1.88 bits per heavy atom. The summed E-state index contributed by atoms with van der Waals surface area (Å²) in [5.41, 5.74) is 14.2. The van der Waals surface area contributed by atoms with Gasteiger partial charge in [-0.3, -0.25) is 0 Å². The zero-order valence-electron chi connectivity index (χ0n) is 10.7. The van der Waals surface area contributed by atoms with Gasteiger partial charge in [-0.2, -0.15) is 0 Å². The average molecular weight is 226 g/mol. The summed E-state index contributed by atoms with van der Waals surface area (Å²) in [5, 5.41) is 1.80. The molecule has 0 aromatic rings. The van der Waals surface area contributed by atoms with Crippen LogP contribution in [-0.4, -0.2) is 17.1 Å². The van der Waals surface area contributed by atoms with Crippen LogP contribution in [0.5, 0.6) is 0 Å². The van der Waals surface area contributed by atoms with Gasteiger partial charge in [-0.25, -0.2) is 5.84 Å². The maximum atomic E-state index is 6.10. The fourth-order valence-electron chi connectivity index (χ4n) is 2.10. The SMILES string of the molecule is CC1CC/C(N(N)C(C)C)=C(/N)CC[C@@H]1N. The molecule has 1 aliphatic rings. The highest BCUT2D eigenvalue weighted by atomic mass is 15.4. The van der Waals surface area contributed by atoms with E-state index in [0.29, 0.717) is 5.92 Å². The van der Waals surface area contributed by atoms with Crippen molar-refractivity contribution in [3.05, 3.63) is 11.4 Å². The van der Waals surface area contributed by atoms with E-state index >= 15 is 0 Å². The minimum absolute atomic E-state index is 0.269. The van der Waals surface area contributed by atoms with Crippen molar-refractivity contribution in [3.63, 3.8) is 0 Å². The molecule has 16 heavy (non-hydrogen) atoms. The number of allylic oxidation sites excluding steroid dienone is 2. The fourth-order valence-corrected chi connectivity index (χ4v) is 2.10. The van der Waals surface area contributed by atoms with Gasteiger partial charge in [0.05, 0.1) is 0 Å². The topological polar surface area (TPSA) is 81.3 Å². The minimum atomic E-state index is 0.269. The van der Waals surface area contributed by atoms with E-state index in [2.05, 4.69) is 20.8 Å². The third-order valence-electron chi connectivity index (χ3n) is 3.55. The van der Waals surface area contributed by atoms with E-state index in [9.17, 15) is 0 Å². The molecule has 0 aliphatic heterocycles. The van der Waals surface area contributed by atoms with Crippen LogP contribution >= 0.6 is 0 Å². The Balaban J connectivity index is 2.80. The smallest absolute Gasteiger partial charge is 0.0481 e. The molecule has 0 bridgehead atoms. The maximum absolute atomic E-state index is 6.10.